The number of nitro benzene ring substituents is 1. The Balaban J connectivity index is 3.06. The lowest BCUT2D eigenvalue weighted by Gasteiger charge is -2.07. The summed E-state index contributed by atoms with van der Waals surface area (Å²) in [6, 6.07) is 3.95. The molecule has 1 aromatic carbocycles. The van der Waals surface area contributed by atoms with E-state index in [2.05, 4.69) is 4.74 Å². The summed E-state index contributed by atoms with van der Waals surface area (Å²) in [5.74, 6) is -1.41. The van der Waals surface area contributed by atoms with Crippen LogP contribution < -0.4 is 4.74 Å². The van der Waals surface area contributed by atoms with E-state index in [0.717, 1.165) is 0 Å². The van der Waals surface area contributed by atoms with E-state index >= 15 is 0 Å². The van der Waals surface area contributed by atoms with E-state index in [1.165, 1.54) is 25.3 Å². The Labute approximate surface area is 109 Å². The third-order valence-corrected chi connectivity index (χ3v) is 2.31. The van der Waals surface area contributed by atoms with Crippen molar-refractivity contribution in [2.24, 2.45) is 0 Å². The Kier molecular flexibility index (Phi) is 4.99. The molecule has 0 radical (unpaired) electrons. The second-order valence-corrected chi connectivity index (χ2v) is 3.52. The lowest BCUT2D eigenvalue weighted by molar-refractivity contribution is -0.385. The molecule has 0 saturated carbocycles. The van der Waals surface area contributed by atoms with Crippen LogP contribution in [0.5, 0.6) is 5.75 Å². The van der Waals surface area contributed by atoms with Gasteiger partial charge in [-0.1, -0.05) is 6.07 Å². The van der Waals surface area contributed by atoms with Gasteiger partial charge in [-0.2, -0.15) is 0 Å². The van der Waals surface area contributed by atoms with Gasteiger partial charge in [-0.3, -0.25) is 19.7 Å². The molecule has 0 saturated heterocycles. The number of ether oxygens (including phenoxy) is 2. The van der Waals surface area contributed by atoms with Gasteiger partial charge in [-0.25, -0.2) is 0 Å². The van der Waals surface area contributed by atoms with Crippen molar-refractivity contribution < 1.29 is 24.0 Å². The fraction of sp³-hybridized carbons (Fsp3) is 0.333. The number of carbonyl (C=O) groups is 2. The molecule has 7 nitrogen and oxygen atoms in total. The number of esters is 1. The molecule has 0 heterocycles. The number of nitrogens with zero attached hydrogens (tertiary/aromatic N) is 1. The highest BCUT2D eigenvalue weighted by Gasteiger charge is 2.23. The summed E-state index contributed by atoms with van der Waals surface area (Å²) in [7, 11) is 1.23. The summed E-state index contributed by atoms with van der Waals surface area (Å²) in [5.41, 5.74) is -0.332. The number of methoxy groups -OCH3 is 1. The van der Waals surface area contributed by atoms with Crippen LogP contribution in [0.15, 0.2) is 18.2 Å². The summed E-state index contributed by atoms with van der Waals surface area (Å²) >= 11 is 0. The van der Waals surface area contributed by atoms with E-state index < -0.39 is 23.1 Å². The van der Waals surface area contributed by atoms with Crippen molar-refractivity contribution in [3.8, 4) is 5.75 Å². The predicted octanol–water partition coefficient (Wildman–Crippen LogP) is 1.74. The van der Waals surface area contributed by atoms with Crippen LogP contribution in [-0.2, 0) is 9.53 Å². The van der Waals surface area contributed by atoms with Gasteiger partial charge in [0.25, 0.3) is 0 Å². The van der Waals surface area contributed by atoms with Gasteiger partial charge in [0.05, 0.1) is 24.2 Å². The molecule has 0 fully saturated rings. The number of hydrogen-bond donors (Lipinski definition) is 0. The van der Waals surface area contributed by atoms with E-state index in [4.69, 9.17) is 4.74 Å². The third kappa shape index (κ3) is 3.51. The van der Waals surface area contributed by atoms with Crippen LogP contribution in [0.2, 0.25) is 0 Å². The van der Waals surface area contributed by atoms with Crippen molar-refractivity contribution in [3.63, 3.8) is 0 Å². The fourth-order valence-corrected chi connectivity index (χ4v) is 1.54. The van der Waals surface area contributed by atoms with Crippen molar-refractivity contribution in [2.75, 3.05) is 13.7 Å². The van der Waals surface area contributed by atoms with Crippen molar-refractivity contribution in [2.45, 2.75) is 13.3 Å². The van der Waals surface area contributed by atoms with Gasteiger partial charge in [0, 0.05) is 6.07 Å². The average molecular weight is 267 g/mol. The Morgan fingerprint density at radius 1 is 1.37 bits per heavy atom. The Morgan fingerprint density at radius 2 is 2.05 bits per heavy atom. The third-order valence-electron chi connectivity index (χ3n) is 2.31. The van der Waals surface area contributed by atoms with E-state index in [-0.39, 0.29) is 23.6 Å². The van der Waals surface area contributed by atoms with Crippen molar-refractivity contribution in [1.82, 2.24) is 0 Å². The minimum atomic E-state index is -0.680. The highest BCUT2D eigenvalue weighted by molar-refractivity contribution is 6.08. The smallest absolute Gasteiger partial charge is 0.313 e. The van der Waals surface area contributed by atoms with Gasteiger partial charge < -0.3 is 9.47 Å². The molecule has 0 aliphatic rings. The van der Waals surface area contributed by atoms with Gasteiger partial charge in [-0.15, -0.1) is 0 Å². The molecule has 1 aromatic rings. The van der Waals surface area contributed by atoms with Gasteiger partial charge in [0.2, 0.25) is 5.75 Å². The number of para-hydroxylation sites is 1. The lowest BCUT2D eigenvalue weighted by Crippen LogP contribution is -2.12. The van der Waals surface area contributed by atoms with Crippen molar-refractivity contribution >= 4 is 17.4 Å². The zero-order valence-corrected chi connectivity index (χ0v) is 10.5. The number of Topliss-reactive ketones (excluding diaryl/α,β-unsaturated/α-hetero) is 1. The van der Waals surface area contributed by atoms with Crippen molar-refractivity contribution in [1.29, 1.82) is 0 Å². The first-order valence-corrected chi connectivity index (χ1v) is 5.51. The van der Waals surface area contributed by atoms with Gasteiger partial charge >= 0.3 is 11.7 Å². The number of ketones is 1. The minimum Gasteiger partial charge on any atom is -0.490 e. The monoisotopic (exact) mass is 267 g/mol. The fourth-order valence-electron chi connectivity index (χ4n) is 1.54. The molecule has 0 atom stereocenters. The molecule has 0 unspecified atom stereocenters. The Morgan fingerprint density at radius 3 is 2.58 bits per heavy atom. The first kappa shape index (κ1) is 14.6. The molecule has 0 bridgehead atoms. The molecular weight excluding hydrogens is 254 g/mol. The number of hydrogen-bond acceptors (Lipinski definition) is 6. The minimum absolute atomic E-state index is 0.00949. The molecule has 19 heavy (non-hydrogen) atoms. The molecule has 102 valence electrons. The molecular formula is C12H13NO6. The topological polar surface area (TPSA) is 95.7 Å². The van der Waals surface area contributed by atoms with Crippen LogP contribution in [0.3, 0.4) is 0 Å². The van der Waals surface area contributed by atoms with Gasteiger partial charge in [0.15, 0.2) is 5.78 Å². The summed E-state index contributed by atoms with van der Waals surface area (Å²) < 4.78 is 9.54. The Bertz CT molecular complexity index is 511. The molecule has 0 aliphatic carbocycles. The standard InChI is InChI=1S/C12H13NO6/c1-3-19-11(15)7-10(14)8-5-4-6-9(13(16)17)12(8)18-2/h4-6H,3,7H2,1-2H3. The number of carbonyl (C=O) groups excluding carboxylic acids is 2. The predicted molar refractivity (Wildman–Crippen MR) is 65.2 cm³/mol. The summed E-state index contributed by atoms with van der Waals surface area (Å²) in [5, 5.41) is 10.8. The highest BCUT2D eigenvalue weighted by Crippen LogP contribution is 2.31. The maximum atomic E-state index is 11.9. The SMILES string of the molecule is CCOC(=O)CC(=O)c1cccc([N+](=O)[O-])c1OC. The first-order chi connectivity index (χ1) is 9.01. The van der Waals surface area contributed by atoms with E-state index in [1.54, 1.807) is 6.92 Å². The maximum Gasteiger partial charge on any atom is 0.313 e. The summed E-state index contributed by atoms with van der Waals surface area (Å²) in [4.78, 5) is 33.3. The van der Waals surface area contributed by atoms with Crippen LogP contribution in [-0.4, -0.2) is 30.4 Å². The van der Waals surface area contributed by atoms with E-state index in [0.29, 0.717) is 0 Å². The second kappa shape index (κ2) is 6.48. The Hall–Kier alpha value is -2.44. The van der Waals surface area contributed by atoms with Crippen molar-refractivity contribution in [3.05, 3.63) is 33.9 Å². The highest BCUT2D eigenvalue weighted by atomic mass is 16.6. The van der Waals surface area contributed by atoms with Gasteiger partial charge in [0.1, 0.15) is 6.42 Å². The summed E-state index contributed by atoms with van der Waals surface area (Å²) in [6.45, 7) is 1.79. The quantitative estimate of drug-likeness (QED) is 0.256. The van der Waals surface area contributed by atoms with E-state index in [9.17, 15) is 19.7 Å². The molecule has 0 aromatic heterocycles. The zero-order chi connectivity index (χ0) is 14.4. The zero-order valence-electron chi connectivity index (χ0n) is 10.5. The van der Waals surface area contributed by atoms with E-state index in [1.807, 2.05) is 0 Å². The van der Waals surface area contributed by atoms with Crippen LogP contribution in [0.25, 0.3) is 0 Å². The van der Waals surface area contributed by atoms with Crippen LogP contribution >= 0.6 is 0 Å². The molecule has 0 N–H and O–H groups in total. The first-order valence-electron chi connectivity index (χ1n) is 5.51. The molecule has 0 aliphatic heterocycles. The average Bonchev–Trinajstić information content (AvgIpc) is 2.37. The largest absolute Gasteiger partial charge is 0.490 e. The van der Waals surface area contributed by atoms with Crippen LogP contribution in [0.1, 0.15) is 23.7 Å². The molecule has 0 spiro atoms. The van der Waals surface area contributed by atoms with Crippen LogP contribution in [0.4, 0.5) is 5.69 Å². The summed E-state index contributed by atoms with van der Waals surface area (Å²) in [6.07, 6.45) is -0.481. The number of benzene rings is 1. The lowest BCUT2D eigenvalue weighted by atomic mass is 10.1. The molecule has 0 amide bonds. The molecule has 7 heteroatoms. The molecule has 1 rings (SSSR count). The number of nitro groups is 1. The number of rotatable bonds is 6. The maximum absolute atomic E-state index is 11.9. The van der Waals surface area contributed by atoms with Gasteiger partial charge in [-0.05, 0) is 13.0 Å². The van der Waals surface area contributed by atoms with Crippen LogP contribution in [0, 0.1) is 10.1 Å². The second-order valence-electron chi connectivity index (χ2n) is 3.52. The normalized spacial score (nSPS) is 9.79.